The lowest BCUT2D eigenvalue weighted by Crippen LogP contribution is -2.01. The van der Waals surface area contributed by atoms with E-state index in [0.29, 0.717) is 6.61 Å². The summed E-state index contributed by atoms with van der Waals surface area (Å²) in [4.78, 5) is 1.21. The molecule has 1 nitrogen and oxygen atoms in total. The molecule has 1 atom stereocenters. The summed E-state index contributed by atoms with van der Waals surface area (Å²) < 4.78 is 6.18. The molecule has 0 aliphatic heterocycles. The Kier molecular flexibility index (Phi) is 5.30. The molecule has 0 amide bonds. The van der Waals surface area contributed by atoms with Crippen LogP contribution in [-0.2, 0) is 11.3 Å². The van der Waals surface area contributed by atoms with Crippen molar-refractivity contribution < 1.29 is 4.74 Å². The van der Waals surface area contributed by atoms with Crippen molar-refractivity contribution in [3.8, 4) is 0 Å². The molecule has 0 spiro atoms. The molecule has 110 valence electrons. The summed E-state index contributed by atoms with van der Waals surface area (Å²) in [6.45, 7) is 0.611. The Balaban J connectivity index is 1.74. The number of ether oxygens (including phenoxy) is 1. The summed E-state index contributed by atoms with van der Waals surface area (Å²) in [6.07, 6.45) is 0. The zero-order valence-electron chi connectivity index (χ0n) is 12.3. The van der Waals surface area contributed by atoms with Gasteiger partial charge in [-0.25, -0.2) is 0 Å². The van der Waals surface area contributed by atoms with Crippen molar-refractivity contribution in [3.63, 3.8) is 0 Å². The van der Waals surface area contributed by atoms with E-state index in [-0.39, 0.29) is 5.44 Å². The first-order valence-electron chi connectivity index (χ1n) is 7.34. The minimum atomic E-state index is -0.0104. The highest BCUT2D eigenvalue weighted by molar-refractivity contribution is 7.99. The standard InChI is InChI=1S/C20H18OS/c1-4-10-17(11-5-1)16-21-20(18-12-6-2-7-13-18)22-19-14-8-3-9-15-19/h1-15,20H,16H2. The number of benzene rings is 3. The Labute approximate surface area is 136 Å². The van der Waals surface area contributed by atoms with Gasteiger partial charge in [-0.2, -0.15) is 0 Å². The highest BCUT2D eigenvalue weighted by atomic mass is 32.2. The molecule has 0 heterocycles. The van der Waals surface area contributed by atoms with Gasteiger partial charge in [0.25, 0.3) is 0 Å². The normalized spacial score (nSPS) is 12.0. The van der Waals surface area contributed by atoms with Crippen LogP contribution in [0.1, 0.15) is 16.6 Å². The van der Waals surface area contributed by atoms with Gasteiger partial charge in [0.05, 0.1) is 6.61 Å². The smallest absolute Gasteiger partial charge is 0.133 e. The van der Waals surface area contributed by atoms with Gasteiger partial charge in [-0.1, -0.05) is 90.6 Å². The Bertz CT molecular complexity index is 668. The van der Waals surface area contributed by atoms with Gasteiger partial charge in [0.15, 0.2) is 0 Å². The third kappa shape index (κ3) is 4.23. The van der Waals surface area contributed by atoms with Gasteiger partial charge < -0.3 is 4.74 Å². The summed E-state index contributed by atoms with van der Waals surface area (Å²) in [5.41, 5.74) is 2.37. The predicted molar refractivity (Wildman–Crippen MR) is 92.7 cm³/mol. The second-order valence-electron chi connectivity index (χ2n) is 4.97. The second-order valence-corrected chi connectivity index (χ2v) is 6.11. The minimum absolute atomic E-state index is 0.0104. The molecule has 0 aromatic heterocycles. The summed E-state index contributed by atoms with van der Waals surface area (Å²) in [6, 6.07) is 31.1. The molecule has 0 bridgehead atoms. The van der Waals surface area contributed by atoms with Crippen LogP contribution in [0.5, 0.6) is 0 Å². The van der Waals surface area contributed by atoms with Crippen LogP contribution in [-0.4, -0.2) is 0 Å². The van der Waals surface area contributed by atoms with Crippen LogP contribution in [0.2, 0.25) is 0 Å². The fourth-order valence-electron chi connectivity index (χ4n) is 2.18. The Morgan fingerprint density at radius 2 is 1.23 bits per heavy atom. The lowest BCUT2D eigenvalue weighted by Gasteiger charge is -2.18. The first-order chi connectivity index (χ1) is 10.9. The van der Waals surface area contributed by atoms with Gasteiger partial charge in [-0.3, -0.25) is 0 Å². The average Bonchev–Trinajstić information content (AvgIpc) is 2.61. The van der Waals surface area contributed by atoms with Crippen LogP contribution in [0, 0.1) is 0 Å². The van der Waals surface area contributed by atoms with Gasteiger partial charge >= 0.3 is 0 Å². The lowest BCUT2D eigenvalue weighted by molar-refractivity contribution is 0.0994. The van der Waals surface area contributed by atoms with Gasteiger partial charge in [0.2, 0.25) is 0 Å². The van der Waals surface area contributed by atoms with E-state index >= 15 is 0 Å². The molecule has 22 heavy (non-hydrogen) atoms. The van der Waals surface area contributed by atoms with Gasteiger partial charge in [0, 0.05) is 4.90 Å². The van der Waals surface area contributed by atoms with Crippen LogP contribution in [0.3, 0.4) is 0 Å². The van der Waals surface area contributed by atoms with Crippen LogP contribution in [0.25, 0.3) is 0 Å². The fraction of sp³-hybridized carbons (Fsp3) is 0.100. The van der Waals surface area contributed by atoms with E-state index in [1.54, 1.807) is 11.8 Å². The van der Waals surface area contributed by atoms with E-state index in [1.165, 1.54) is 16.0 Å². The van der Waals surface area contributed by atoms with Gasteiger partial charge in [0.1, 0.15) is 5.44 Å². The molecule has 0 radical (unpaired) electrons. The molecule has 0 aliphatic carbocycles. The SMILES string of the molecule is c1ccc(COC(Sc2ccccc2)c2ccccc2)cc1. The third-order valence-electron chi connectivity index (χ3n) is 3.30. The monoisotopic (exact) mass is 306 g/mol. The molecule has 0 saturated carbocycles. The quantitative estimate of drug-likeness (QED) is 0.427. The highest BCUT2D eigenvalue weighted by Crippen LogP contribution is 2.36. The molecule has 0 saturated heterocycles. The fourth-order valence-corrected chi connectivity index (χ4v) is 3.17. The summed E-state index contributed by atoms with van der Waals surface area (Å²) >= 11 is 1.74. The van der Waals surface area contributed by atoms with Crippen molar-refractivity contribution in [3.05, 3.63) is 102 Å². The highest BCUT2D eigenvalue weighted by Gasteiger charge is 2.13. The van der Waals surface area contributed by atoms with Crippen molar-refractivity contribution in [1.82, 2.24) is 0 Å². The van der Waals surface area contributed by atoms with Crippen molar-refractivity contribution in [2.45, 2.75) is 16.9 Å². The van der Waals surface area contributed by atoms with Crippen molar-refractivity contribution >= 4 is 11.8 Å². The molecule has 1 unspecified atom stereocenters. The average molecular weight is 306 g/mol. The molecule has 3 aromatic rings. The number of hydrogen-bond donors (Lipinski definition) is 0. The maximum absolute atomic E-state index is 6.18. The summed E-state index contributed by atoms with van der Waals surface area (Å²) in [7, 11) is 0. The second kappa shape index (κ2) is 7.83. The molecular formula is C20H18OS. The zero-order chi connectivity index (χ0) is 15.0. The first-order valence-corrected chi connectivity index (χ1v) is 8.22. The van der Waals surface area contributed by atoms with E-state index in [2.05, 4.69) is 60.7 Å². The van der Waals surface area contributed by atoms with Gasteiger partial charge in [-0.15, -0.1) is 0 Å². The maximum atomic E-state index is 6.18. The number of rotatable bonds is 6. The topological polar surface area (TPSA) is 9.23 Å². The first kappa shape index (κ1) is 14.9. The largest absolute Gasteiger partial charge is 0.358 e. The Hall–Kier alpha value is -2.03. The van der Waals surface area contributed by atoms with Crippen LogP contribution in [0.4, 0.5) is 0 Å². The van der Waals surface area contributed by atoms with Crippen LogP contribution in [0.15, 0.2) is 95.9 Å². The van der Waals surface area contributed by atoms with Crippen molar-refractivity contribution in [2.75, 3.05) is 0 Å². The van der Waals surface area contributed by atoms with Crippen molar-refractivity contribution in [2.24, 2.45) is 0 Å². The summed E-state index contributed by atoms with van der Waals surface area (Å²) in [5, 5.41) is 0. The van der Waals surface area contributed by atoms with Crippen molar-refractivity contribution in [1.29, 1.82) is 0 Å². The third-order valence-corrected chi connectivity index (χ3v) is 4.47. The van der Waals surface area contributed by atoms with Crippen LogP contribution >= 0.6 is 11.8 Å². The minimum Gasteiger partial charge on any atom is -0.358 e. The van der Waals surface area contributed by atoms with E-state index in [4.69, 9.17) is 4.74 Å². The predicted octanol–water partition coefficient (Wildman–Crippen LogP) is 5.69. The summed E-state index contributed by atoms with van der Waals surface area (Å²) in [5.74, 6) is 0. The Morgan fingerprint density at radius 3 is 1.86 bits per heavy atom. The molecule has 3 aromatic carbocycles. The molecule has 2 heteroatoms. The molecule has 0 fully saturated rings. The van der Waals surface area contributed by atoms with E-state index in [0.717, 1.165) is 0 Å². The van der Waals surface area contributed by atoms with E-state index in [1.807, 2.05) is 30.3 Å². The maximum Gasteiger partial charge on any atom is 0.133 e. The Morgan fingerprint density at radius 1 is 0.682 bits per heavy atom. The van der Waals surface area contributed by atoms with Gasteiger partial charge in [-0.05, 0) is 23.3 Å². The molecule has 0 N–H and O–H groups in total. The molecule has 0 aliphatic rings. The van der Waals surface area contributed by atoms with E-state index < -0.39 is 0 Å². The van der Waals surface area contributed by atoms with E-state index in [9.17, 15) is 0 Å². The zero-order valence-corrected chi connectivity index (χ0v) is 13.1. The van der Waals surface area contributed by atoms with Crippen LogP contribution < -0.4 is 0 Å². The number of thioether (sulfide) groups is 1. The lowest BCUT2D eigenvalue weighted by atomic mass is 10.2. The number of hydrogen-bond acceptors (Lipinski definition) is 2. The molecular weight excluding hydrogens is 288 g/mol. The molecule has 3 rings (SSSR count).